The van der Waals surface area contributed by atoms with Gasteiger partial charge in [0.1, 0.15) is 35.4 Å². The molecule has 2 saturated heterocycles. The van der Waals surface area contributed by atoms with Crippen LogP contribution in [0.3, 0.4) is 0 Å². The molecule has 0 saturated carbocycles. The van der Waals surface area contributed by atoms with Gasteiger partial charge in [-0.2, -0.15) is 8.42 Å². The summed E-state index contributed by atoms with van der Waals surface area (Å²) in [6, 6.07) is 2.11. The zero-order valence-electron chi connectivity index (χ0n) is 35.2. The highest BCUT2D eigenvalue weighted by Gasteiger charge is 2.46. The van der Waals surface area contributed by atoms with E-state index in [4.69, 9.17) is 23.1 Å². The van der Waals surface area contributed by atoms with Gasteiger partial charge in [-0.25, -0.2) is 19.2 Å². The minimum atomic E-state index is -4.14. The molecule has 18 nitrogen and oxygen atoms in total. The molecule has 3 N–H and O–H groups in total. The van der Waals surface area contributed by atoms with E-state index in [1.165, 1.54) is 36.2 Å². The number of nitrogens with zero attached hydrogens (tertiary/aromatic N) is 2. The molecule has 20 heteroatoms. The van der Waals surface area contributed by atoms with Crippen molar-refractivity contribution >= 4 is 62.0 Å². The Labute approximate surface area is 349 Å². The van der Waals surface area contributed by atoms with Gasteiger partial charge in [0.05, 0.1) is 31.3 Å². The molecule has 4 amide bonds. The fraction of sp³-hybridized carbons (Fsp3) is 0.684. The molecule has 0 bridgehead atoms. The lowest BCUT2D eigenvalue weighted by Gasteiger charge is -2.30. The molecule has 2 heterocycles. The largest absolute Gasteiger partial charge is 0.467 e. The van der Waals surface area contributed by atoms with E-state index >= 15 is 0 Å². The molecule has 1 aromatic carbocycles. The van der Waals surface area contributed by atoms with Crippen molar-refractivity contribution < 1.29 is 65.4 Å². The number of β-amino-alcohol motifs (C(OH)–C–C–N with tert-alkyl or cyclic N) is 1. The van der Waals surface area contributed by atoms with Gasteiger partial charge in [0.2, 0.25) is 11.8 Å². The number of carbonyl (C=O) groups excluding carboxylic acids is 6. The maximum absolute atomic E-state index is 13.4. The summed E-state index contributed by atoms with van der Waals surface area (Å²) in [4.78, 5) is 77.1. The van der Waals surface area contributed by atoms with E-state index in [1.807, 2.05) is 0 Å². The van der Waals surface area contributed by atoms with E-state index in [-0.39, 0.29) is 42.7 Å². The first-order chi connectivity index (χ1) is 26.6. The maximum atomic E-state index is 13.4. The number of aliphatic hydroxyl groups excluding tert-OH is 1. The Balaban J connectivity index is 0.000000426. The van der Waals surface area contributed by atoms with Gasteiger partial charge in [0.15, 0.2) is 0 Å². The number of esters is 2. The van der Waals surface area contributed by atoms with Gasteiger partial charge in [-0.1, -0.05) is 43.6 Å². The molecular weight excluding hydrogens is 848 g/mol. The van der Waals surface area contributed by atoms with Crippen LogP contribution in [0.15, 0.2) is 33.6 Å². The molecule has 6 atom stereocenters. The topological polar surface area (TPSA) is 233 Å². The van der Waals surface area contributed by atoms with Crippen molar-refractivity contribution in [3.8, 4) is 0 Å². The van der Waals surface area contributed by atoms with E-state index in [2.05, 4.69) is 26.6 Å². The Morgan fingerprint density at radius 2 is 1.12 bits per heavy atom. The average Bonchev–Trinajstić information content (AvgIpc) is 3.70. The number of aliphatic hydroxyl groups is 1. The summed E-state index contributed by atoms with van der Waals surface area (Å²) in [6.45, 7) is 17.1. The maximum Gasteiger partial charge on any atom is 0.408 e. The van der Waals surface area contributed by atoms with Gasteiger partial charge in [-0.15, -0.1) is 0 Å². The Morgan fingerprint density at radius 3 is 1.50 bits per heavy atom. The van der Waals surface area contributed by atoms with Crippen molar-refractivity contribution in [1.82, 2.24) is 20.4 Å². The first-order valence-electron chi connectivity index (χ1n) is 18.7. The number of carbonyl (C=O) groups is 6. The highest BCUT2D eigenvalue weighted by Crippen LogP contribution is 2.28. The van der Waals surface area contributed by atoms with Crippen molar-refractivity contribution in [1.29, 1.82) is 0 Å². The second kappa shape index (κ2) is 20.8. The Morgan fingerprint density at radius 1 is 0.724 bits per heavy atom. The lowest BCUT2D eigenvalue weighted by atomic mass is 10.0. The number of methoxy groups -OCH3 is 2. The van der Waals surface area contributed by atoms with E-state index in [9.17, 15) is 42.3 Å². The lowest BCUT2D eigenvalue weighted by Crippen LogP contribution is -2.54. The van der Waals surface area contributed by atoms with Crippen LogP contribution in [0.25, 0.3) is 0 Å². The second-order valence-corrected chi connectivity index (χ2v) is 19.0. The standard InChI is InChI=1S/C22H31BrN2O8S.C16H28N2O6/c1-13(2)18(24-21(28)32-22(3,4)5)19(26)25-12-15(11-17(25)20(27)31-6)33-34(29,30)16-9-7-14(23)8-10-16;1-9(2)12(17-15(22)24-16(3,4)5)13(20)18-8-10(19)7-11(18)14(21)23-6/h7-10,13,15,17-18H,11-12H2,1-6H3,(H,24,28);9-12,19H,7-8H2,1-6H3,(H,17,22)/t15-,17-,18-;10-,11-,12-/m00/s1. The molecule has 2 aliphatic rings. The summed E-state index contributed by atoms with van der Waals surface area (Å²) in [5.74, 6) is -2.86. The minimum Gasteiger partial charge on any atom is -0.467 e. The first-order valence-corrected chi connectivity index (χ1v) is 20.9. The third-order valence-corrected chi connectivity index (χ3v) is 10.5. The lowest BCUT2D eigenvalue weighted by molar-refractivity contribution is -0.152. The van der Waals surface area contributed by atoms with Crippen LogP contribution in [0.1, 0.15) is 82.1 Å². The van der Waals surface area contributed by atoms with Crippen LogP contribution in [-0.2, 0) is 52.4 Å². The number of hydrogen-bond donors (Lipinski definition) is 3. The number of amides is 4. The van der Waals surface area contributed by atoms with Gasteiger partial charge in [0, 0.05) is 30.4 Å². The van der Waals surface area contributed by atoms with E-state index < -0.39 is 93.6 Å². The van der Waals surface area contributed by atoms with Crippen LogP contribution in [0, 0.1) is 11.8 Å². The molecule has 1 aromatic rings. The van der Waals surface area contributed by atoms with Crippen LogP contribution in [0.4, 0.5) is 9.59 Å². The summed E-state index contributed by atoms with van der Waals surface area (Å²) < 4.78 is 51.4. The molecule has 2 fully saturated rings. The number of alkyl carbamates (subject to hydrolysis) is 2. The van der Waals surface area contributed by atoms with Crippen molar-refractivity contribution in [2.45, 2.75) is 135 Å². The van der Waals surface area contributed by atoms with Gasteiger partial charge in [0.25, 0.3) is 10.1 Å². The summed E-state index contributed by atoms with van der Waals surface area (Å²) in [5.41, 5.74) is -1.45. The van der Waals surface area contributed by atoms with Crippen molar-refractivity contribution in [3.05, 3.63) is 28.7 Å². The molecule has 0 spiro atoms. The Hall–Kier alpha value is -4.01. The molecular formula is C38H59BrN4O14S. The number of hydrogen-bond acceptors (Lipinski definition) is 14. The Bertz CT molecular complexity index is 1730. The quantitative estimate of drug-likeness (QED) is 0.164. The van der Waals surface area contributed by atoms with Gasteiger partial charge in [-0.3, -0.25) is 13.8 Å². The number of halogens is 1. The molecule has 58 heavy (non-hydrogen) atoms. The number of benzene rings is 1. The third kappa shape index (κ3) is 15.0. The third-order valence-electron chi connectivity index (χ3n) is 8.63. The van der Waals surface area contributed by atoms with E-state index in [0.717, 1.165) is 0 Å². The van der Waals surface area contributed by atoms with Crippen LogP contribution in [-0.4, -0.2) is 134 Å². The summed E-state index contributed by atoms with van der Waals surface area (Å²) in [5, 5.41) is 14.9. The monoisotopic (exact) mass is 906 g/mol. The predicted octanol–water partition coefficient (Wildman–Crippen LogP) is 3.52. The van der Waals surface area contributed by atoms with Crippen LogP contribution >= 0.6 is 15.9 Å². The van der Waals surface area contributed by atoms with Crippen molar-refractivity contribution in [2.24, 2.45) is 11.8 Å². The fourth-order valence-electron chi connectivity index (χ4n) is 5.98. The van der Waals surface area contributed by atoms with E-state index in [0.29, 0.717) is 4.47 Å². The van der Waals surface area contributed by atoms with Crippen LogP contribution in [0.5, 0.6) is 0 Å². The molecule has 0 radical (unpaired) electrons. The Kier molecular flexibility index (Phi) is 18.0. The fourth-order valence-corrected chi connectivity index (χ4v) is 7.32. The highest BCUT2D eigenvalue weighted by atomic mass is 79.9. The zero-order chi connectivity index (χ0) is 44.5. The zero-order valence-corrected chi connectivity index (χ0v) is 37.6. The summed E-state index contributed by atoms with van der Waals surface area (Å²) in [7, 11) is -1.73. The molecule has 3 rings (SSSR count). The second-order valence-electron chi connectivity index (χ2n) is 16.5. The molecule has 0 aliphatic carbocycles. The van der Waals surface area contributed by atoms with Gasteiger partial charge >= 0.3 is 24.1 Å². The molecule has 2 aliphatic heterocycles. The van der Waals surface area contributed by atoms with Crippen molar-refractivity contribution in [3.63, 3.8) is 0 Å². The SMILES string of the molecule is COC(=O)[C@@H]1C[C@H](O)CN1C(=O)[C@@H](NC(=O)OC(C)(C)C)C(C)C.COC(=O)[C@@H]1C[C@H](OS(=O)(=O)c2ccc(Br)cc2)CN1C(=O)[C@@H](NC(=O)OC(C)(C)C)C(C)C. The number of likely N-dealkylation sites (tertiary alicyclic amines) is 2. The summed E-state index contributed by atoms with van der Waals surface area (Å²) in [6.07, 6.45) is -3.22. The number of rotatable bonds is 11. The highest BCUT2D eigenvalue weighted by molar-refractivity contribution is 9.10. The smallest absolute Gasteiger partial charge is 0.408 e. The van der Waals surface area contributed by atoms with Gasteiger partial charge in [-0.05, 0) is 77.6 Å². The minimum absolute atomic E-state index is 0.0256. The van der Waals surface area contributed by atoms with Crippen LogP contribution < -0.4 is 10.6 Å². The normalized spacial score (nSPS) is 20.7. The van der Waals surface area contributed by atoms with Crippen molar-refractivity contribution in [2.75, 3.05) is 27.3 Å². The number of nitrogens with one attached hydrogen (secondary N) is 2. The summed E-state index contributed by atoms with van der Waals surface area (Å²) >= 11 is 3.24. The predicted molar refractivity (Wildman–Crippen MR) is 212 cm³/mol. The van der Waals surface area contributed by atoms with Gasteiger partial charge < -0.3 is 44.5 Å². The van der Waals surface area contributed by atoms with Crippen LogP contribution in [0.2, 0.25) is 0 Å². The molecule has 0 unspecified atom stereocenters. The molecule has 328 valence electrons. The first kappa shape index (κ1) is 50.1. The molecule has 0 aromatic heterocycles. The average molecular weight is 908 g/mol. The van der Waals surface area contributed by atoms with E-state index in [1.54, 1.807) is 81.4 Å². The number of ether oxygens (including phenoxy) is 4.